The number of nitrogens with zero attached hydrogens (tertiary/aromatic N) is 6. The average Bonchev–Trinajstić information content (AvgIpc) is 3.16. The lowest BCUT2D eigenvalue weighted by Gasteiger charge is -2.22. The number of rotatable bonds is 4. The van der Waals surface area contributed by atoms with Crippen LogP contribution in [0.2, 0.25) is 0 Å². The number of hydrogen-bond donors (Lipinski definition) is 0. The summed E-state index contributed by atoms with van der Waals surface area (Å²) >= 11 is 0. The van der Waals surface area contributed by atoms with Crippen LogP contribution >= 0.6 is 0 Å². The van der Waals surface area contributed by atoms with Crippen molar-refractivity contribution in [3.63, 3.8) is 0 Å². The van der Waals surface area contributed by atoms with E-state index in [1.807, 2.05) is 29.2 Å². The predicted octanol–water partition coefficient (Wildman–Crippen LogP) is 2.15. The zero-order valence-corrected chi connectivity index (χ0v) is 15.4. The van der Waals surface area contributed by atoms with Crippen molar-refractivity contribution in [3.8, 4) is 5.69 Å². The van der Waals surface area contributed by atoms with Gasteiger partial charge in [-0.2, -0.15) is 0 Å². The second-order valence-corrected chi connectivity index (χ2v) is 6.85. The maximum absolute atomic E-state index is 13.1. The first-order valence-electron chi connectivity index (χ1n) is 9.28. The van der Waals surface area contributed by atoms with E-state index in [-0.39, 0.29) is 11.7 Å². The zero-order chi connectivity index (χ0) is 19.3. The molecule has 1 fully saturated rings. The van der Waals surface area contributed by atoms with Crippen molar-refractivity contribution in [1.29, 1.82) is 0 Å². The Balaban J connectivity index is 1.37. The van der Waals surface area contributed by atoms with Crippen molar-refractivity contribution in [2.75, 3.05) is 26.2 Å². The van der Waals surface area contributed by atoms with Gasteiger partial charge in [0.15, 0.2) is 0 Å². The summed E-state index contributed by atoms with van der Waals surface area (Å²) in [5, 5.41) is 11.1. The van der Waals surface area contributed by atoms with E-state index in [1.54, 1.807) is 16.8 Å². The summed E-state index contributed by atoms with van der Waals surface area (Å²) in [5.41, 5.74) is 2.55. The molecule has 0 atom stereocenters. The van der Waals surface area contributed by atoms with Crippen LogP contribution in [0.4, 0.5) is 4.39 Å². The summed E-state index contributed by atoms with van der Waals surface area (Å²) in [4.78, 5) is 17.1. The molecule has 0 radical (unpaired) electrons. The number of benzene rings is 2. The number of carbonyl (C=O) groups is 1. The Morgan fingerprint density at radius 1 is 0.964 bits per heavy atom. The number of carbonyl (C=O) groups excluding carboxylic acids is 1. The summed E-state index contributed by atoms with van der Waals surface area (Å²) in [6.45, 7) is 3.89. The minimum absolute atomic E-state index is 0.0342. The standard InChI is InChI=1S/C20H21FN6O/c21-18-6-2-16(3-7-18)14-25-10-1-11-26(13-12-25)20(28)17-4-8-19(9-5-17)27-15-22-23-24-27/h2-9,15H,1,10-14H2. The first-order valence-corrected chi connectivity index (χ1v) is 9.28. The Morgan fingerprint density at radius 2 is 1.75 bits per heavy atom. The molecule has 8 heteroatoms. The highest BCUT2D eigenvalue weighted by Gasteiger charge is 2.20. The van der Waals surface area contributed by atoms with Crippen LogP contribution < -0.4 is 0 Å². The SMILES string of the molecule is O=C(c1ccc(-n2cnnn2)cc1)N1CCCN(Cc2ccc(F)cc2)CC1. The Labute approximate surface area is 162 Å². The summed E-state index contributed by atoms with van der Waals surface area (Å²) in [5.74, 6) is -0.186. The van der Waals surface area contributed by atoms with Gasteiger partial charge >= 0.3 is 0 Å². The second-order valence-electron chi connectivity index (χ2n) is 6.85. The van der Waals surface area contributed by atoms with Gasteiger partial charge in [0.2, 0.25) is 0 Å². The van der Waals surface area contributed by atoms with Crippen molar-refractivity contribution in [2.45, 2.75) is 13.0 Å². The third kappa shape index (κ3) is 4.23. The maximum atomic E-state index is 13.1. The molecule has 0 saturated carbocycles. The predicted molar refractivity (Wildman–Crippen MR) is 101 cm³/mol. The molecule has 0 N–H and O–H groups in total. The molecule has 1 amide bonds. The normalized spacial score (nSPS) is 15.4. The van der Waals surface area contributed by atoms with Gasteiger partial charge in [-0.05, 0) is 58.8 Å². The van der Waals surface area contributed by atoms with E-state index in [4.69, 9.17) is 0 Å². The lowest BCUT2D eigenvalue weighted by Crippen LogP contribution is -2.35. The van der Waals surface area contributed by atoms with Gasteiger partial charge < -0.3 is 4.90 Å². The minimum Gasteiger partial charge on any atom is -0.337 e. The quantitative estimate of drug-likeness (QED) is 0.694. The maximum Gasteiger partial charge on any atom is 0.253 e. The fourth-order valence-corrected chi connectivity index (χ4v) is 3.40. The van der Waals surface area contributed by atoms with Crippen LogP contribution in [0.25, 0.3) is 5.69 Å². The molecular formula is C20H21FN6O. The van der Waals surface area contributed by atoms with E-state index in [2.05, 4.69) is 20.4 Å². The Morgan fingerprint density at radius 3 is 2.46 bits per heavy atom. The van der Waals surface area contributed by atoms with Gasteiger partial charge in [0.1, 0.15) is 12.1 Å². The van der Waals surface area contributed by atoms with Crippen LogP contribution in [0.5, 0.6) is 0 Å². The molecule has 1 saturated heterocycles. The molecule has 3 aromatic rings. The number of tetrazole rings is 1. The van der Waals surface area contributed by atoms with Gasteiger partial charge in [-0.25, -0.2) is 9.07 Å². The van der Waals surface area contributed by atoms with Gasteiger partial charge in [-0.3, -0.25) is 9.69 Å². The Bertz CT molecular complexity index is 911. The molecule has 0 spiro atoms. The Hall–Kier alpha value is -3.13. The van der Waals surface area contributed by atoms with Gasteiger partial charge in [-0.1, -0.05) is 12.1 Å². The van der Waals surface area contributed by atoms with Crippen molar-refractivity contribution in [1.82, 2.24) is 30.0 Å². The molecular weight excluding hydrogens is 359 g/mol. The molecule has 4 rings (SSSR count). The highest BCUT2D eigenvalue weighted by molar-refractivity contribution is 5.94. The van der Waals surface area contributed by atoms with Crippen molar-refractivity contribution in [3.05, 3.63) is 71.8 Å². The van der Waals surface area contributed by atoms with Crippen LogP contribution in [0.15, 0.2) is 54.9 Å². The smallest absolute Gasteiger partial charge is 0.253 e. The molecule has 144 valence electrons. The summed E-state index contributed by atoms with van der Waals surface area (Å²) in [7, 11) is 0. The van der Waals surface area contributed by atoms with E-state index < -0.39 is 0 Å². The molecule has 2 heterocycles. The summed E-state index contributed by atoms with van der Waals surface area (Å²) in [6, 6.07) is 13.9. The van der Waals surface area contributed by atoms with Crippen LogP contribution in [0.3, 0.4) is 0 Å². The average molecular weight is 380 g/mol. The van der Waals surface area contributed by atoms with Gasteiger partial charge in [0.05, 0.1) is 5.69 Å². The molecule has 1 aliphatic rings. The fraction of sp³-hybridized carbons (Fsp3) is 0.300. The van der Waals surface area contributed by atoms with E-state index >= 15 is 0 Å². The molecule has 0 aliphatic carbocycles. The molecule has 28 heavy (non-hydrogen) atoms. The molecule has 7 nitrogen and oxygen atoms in total. The molecule has 1 aliphatic heterocycles. The van der Waals surface area contributed by atoms with Crippen LogP contribution in [-0.2, 0) is 6.54 Å². The molecule has 0 unspecified atom stereocenters. The van der Waals surface area contributed by atoms with Gasteiger partial charge in [-0.15, -0.1) is 5.10 Å². The third-order valence-electron chi connectivity index (χ3n) is 4.92. The van der Waals surface area contributed by atoms with Gasteiger partial charge in [0.25, 0.3) is 5.91 Å². The lowest BCUT2D eigenvalue weighted by molar-refractivity contribution is 0.0761. The molecule has 2 aromatic carbocycles. The van der Waals surface area contributed by atoms with Crippen molar-refractivity contribution in [2.24, 2.45) is 0 Å². The summed E-state index contributed by atoms with van der Waals surface area (Å²) < 4.78 is 14.6. The van der Waals surface area contributed by atoms with Crippen LogP contribution in [-0.4, -0.2) is 62.1 Å². The monoisotopic (exact) mass is 380 g/mol. The Kier molecular flexibility index (Phi) is 5.38. The lowest BCUT2D eigenvalue weighted by atomic mass is 10.1. The van der Waals surface area contributed by atoms with E-state index in [9.17, 15) is 9.18 Å². The molecule has 0 bridgehead atoms. The first-order chi connectivity index (χ1) is 13.7. The van der Waals surface area contributed by atoms with Gasteiger partial charge in [0, 0.05) is 38.3 Å². The molecule has 1 aromatic heterocycles. The fourth-order valence-electron chi connectivity index (χ4n) is 3.40. The summed E-state index contributed by atoms with van der Waals surface area (Å²) in [6.07, 6.45) is 2.43. The van der Waals surface area contributed by atoms with Crippen LogP contribution in [0, 0.1) is 5.82 Å². The number of hydrogen-bond acceptors (Lipinski definition) is 5. The number of halogens is 1. The first kappa shape index (κ1) is 18.2. The number of amides is 1. The van der Waals surface area contributed by atoms with Crippen molar-refractivity contribution < 1.29 is 9.18 Å². The number of aromatic nitrogens is 4. The highest BCUT2D eigenvalue weighted by atomic mass is 19.1. The van der Waals surface area contributed by atoms with E-state index in [0.717, 1.165) is 43.9 Å². The largest absolute Gasteiger partial charge is 0.337 e. The minimum atomic E-state index is -0.220. The van der Waals surface area contributed by atoms with Crippen molar-refractivity contribution >= 4 is 5.91 Å². The van der Waals surface area contributed by atoms with Crippen LogP contribution in [0.1, 0.15) is 22.3 Å². The highest BCUT2D eigenvalue weighted by Crippen LogP contribution is 2.14. The second kappa shape index (κ2) is 8.26. The topological polar surface area (TPSA) is 67.2 Å². The van der Waals surface area contributed by atoms with E-state index in [0.29, 0.717) is 12.1 Å². The zero-order valence-electron chi connectivity index (χ0n) is 15.4. The van der Waals surface area contributed by atoms with E-state index in [1.165, 1.54) is 18.5 Å². The third-order valence-corrected chi connectivity index (χ3v) is 4.92.